The zero-order valence-electron chi connectivity index (χ0n) is 10.6. The number of aromatic nitrogens is 2. The molecule has 2 rings (SSSR count). The van der Waals surface area contributed by atoms with Gasteiger partial charge >= 0.3 is 0 Å². The van der Waals surface area contributed by atoms with Crippen molar-refractivity contribution >= 4 is 21.4 Å². The van der Waals surface area contributed by atoms with E-state index in [9.17, 15) is 8.42 Å². The molecule has 104 valence electrons. The summed E-state index contributed by atoms with van der Waals surface area (Å²) in [5, 5.41) is 14.6. The van der Waals surface area contributed by atoms with Crippen LogP contribution in [0.15, 0.2) is 21.9 Å². The van der Waals surface area contributed by atoms with Gasteiger partial charge in [-0.05, 0) is 23.9 Å². The Morgan fingerprint density at radius 3 is 2.79 bits per heavy atom. The summed E-state index contributed by atoms with van der Waals surface area (Å²) in [6.07, 6.45) is 1.64. The van der Waals surface area contributed by atoms with Crippen LogP contribution in [0.1, 0.15) is 16.8 Å². The van der Waals surface area contributed by atoms with Gasteiger partial charge in [0.05, 0.1) is 12.8 Å². The van der Waals surface area contributed by atoms with Crippen molar-refractivity contribution in [3.05, 3.63) is 34.5 Å². The van der Waals surface area contributed by atoms with Crippen molar-refractivity contribution in [2.45, 2.75) is 24.3 Å². The molecule has 0 bridgehead atoms. The molecule has 6 nitrogen and oxygen atoms in total. The van der Waals surface area contributed by atoms with E-state index >= 15 is 0 Å². The third kappa shape index (κ3) is 3.03. The van der Waals surface area contributed by atoms with Gasteiger partial charge in [0.25, 0.3) is 0 Å². The summed E-state index contributed by atoms with van der Waals surface area (Å²) in [5.74, 6) is 0. The fourth-order valence-electron chi connectivity index (χ4n) is 1.54. The van der Waals surface area contributed by atoms with Gasteiger partial charge in [0, 0.05) is 24.8 Å². The summed E-state index contributed by atoms with van der Waals surface area (Å²) < 4.78 is 28.5. The first kappa shape index (κ1) is 14.2. The van der Waals surface area contributed by atoms with E-state index < -0.39 is 10.0 Å². The second-order valence-electron chi connectivity index (χ2n) is 4.14. The Morgan fingerprint density at radius 1 is 1.53 bits per heavy atom. The van der Waals surface area contributed by atoms with Crippen LogP contribution in [0.2, 0.25) is 0 Å². The van der Waals surface area contributed by atoms with Crippen LogP contribution in [0.4, 0.5) is 0 Å². The van der Waals surface area contributed by atoms with Gasteiger partial charge in [0.1, 0.15) is 4.21 Å². The number of hydrogen-bond acceptors (Lipinski definition) is 5. The Kier molecular flexibility index (Phi) is 4.04. The number of thiophene rings is 1. The SMILES string of the molecule is Cc1c(CNS(=O)(=O)c2cc(CO)cs2)cnn1C. The summed E-state index contributed by atoms with van der Waals surface area (Å²) in [4.78, 5) is 0. The number of rotatable bonds is 5. The number of aliphatic hydroxyl groups excluding tert-OH is 1. The molecule has 0 aliphatic heterocycles. The van der Waals surface area contributed by atoms with Crippen LogP contribution in [0, 0.1) is 6.92 Å². The van der Waals surface area contributed by atoms with Crippen LogP contribution in [0.5, 0.6) is 0 Å². The maximum absolute atomic E-state index is 12.0. The largest absolute Gasteiger partial charge is 0.392 e. The first-order valence-electron chi connectivity index (χ1n) is 5.59. The number of aliphatic hydroxyl groups is 1. The second-order valence-corrected chi connectivity index (χ2v) is 7.04. The Bertz CT molecular complexity index is 673. The minimum atomic E-state index is -3.53. The molecule has 2 heterocycles. The topological polar surface area (TPSA) is 84.2 Å². The molecule has 0 aliphatic carbocycles. The molecular weight excluding hydrogens is 286 g/mol. The maximum Gasteiger partial charge on any atom is 0.250 e. The van der Waals surface area contributed by atoms with Crippen molar-refractivity contribution in [1.29, 1.82) is 0 Å². The van der Waals surface area contributed by atoms with E-state index in [1.54, 1.807) is 23.3 Å². The van der Waals surface area contributed by atoms with Crippen LogP contribution in [-0.4, -0.2) is 23.3 Å². The van der Waals surface area contributed by atoms with Crippen LogP contribution in [-0.2, 0) is 30.2 Å². The standard InChI is InChI=1S/C11H15N3O3S2/c1-8-10(4-12-14(8)2)5-13-19(16,17)11-3-9(6-15)7-18-11/h3-4,7,13,15H,5-6H2,1-2H3. The van der Waals surface area contributed by atoms with Crippen molar-refractivity contribution in [1.82, 2.24) is 14.5 Å². The Morgan fingerprint density at radius 2 is 2.26 bits per heavy atom. The molecule has 0 unspecified atom stereocenters. The highest BCUT2D eigenvalue weighted by Gasteiger charge is 2.17. The van der Waals surface area contributed by atoms with Crippen molar-refractivity contribution < 1.29 is 13.5 Å². The van der Waals surface area contributed by atoms with E-state index in [-0.39, 0.29) is 17.4 Å². The highest BCUT2D eigenvalue weighted by molar-refractivity contribution is 7.91. The quantitative estimate of drug-likeness (QED) is 0.854. The molecule has 0 saturated carbocycles. The van der Waals surface area contributed by atoms with Crippen molar-refractivity contribution in [2.24, 2.45) is 7.05 Å². The van der Waals surface area contributed by atoms with Crippen LogP contribution in [0.25, 0.3) is 0 Å². The van der Waals surface area contributed by atoms with Crippen LogP contribution >= 0.6 is 11.3 Å². The predicted molar refractivity (Wildman–Crippen MR) is 72.2 cm³/mol. The molecule has 0 aromatic carbocycles. The van der Waals surface area contributed by atoms with Gasteiger partial charge in [-0.1, -0.05) is 0 Å². The molecular formula is C11H15N3O3S2. The van der Waals surface area contributed by atoms with Gasteiger partial charge in [0.15, 0.2) is 0 Å². The average molecular weight is 301 g/mol. The highest BCUT2D eigenvalue weighted by Crippen LogP contribution is 2.20. The molecule has 8 heteroatoms. The molecule has 2 aromatic rings. The van der Waals surface area contributed by atoms with Gasteiger partial charge in [-0.3, -0.25) is 4.68 Å². The molecule has 0 aliphatic rings. The van der Waals surface area contributed by atoms with E-state index in [4.69, 9.17) is 5.11 Å². The van der Waals surface area contributed by atoms with E-state index in [1.807, 2.05) is 6.92 Å². The minimum absolute atomic E-state index is 0.159. The third-order valence-corrected chi connectivity index (χ3v) is 5.76. The van der Waals surface area contributed by atoms with Gasteiger partial charge < -0.3 is 5.11 Å². The smallest absolute Gasteiger partial charge is 0.250 e. The van der Waals surface area contributed by atoms with Crippen molar-refractivity contribution in [3.8, 4) is 0 Å². The zero-order chi connectivity index (χ0) is 14.0. The lowest BCUT2D eigenvalue weighted by Crippen LogP contribution is -2.22. The summed E-state index contributed by atoms with van der Waals surface area (Å²) >= 11 is 1.09. The lowest BCUT2D eigenvalue weighted by Gasteiger charge is -2.04. The number of nitrogens with one attached hydrogen (secondary N) is 1. The molecule has 2 aromatic heterocycles. The van der Waals surface area contributed by atoms with Gasteiger partial charge in [-0.25, -0.2) is 13.1 Å². The molecule has 0 saturated heterocycles. The monoisotopic (exact) mass is 301 g/mol. The van der Waals surface area contributed by atoms with E-state index in [1.165, 1.54) is 6.07 Å². The molecule has 0 radical (unpaired) electrons. The zero-order valence-corrected chi connectivity index (χ0v) is 12.3. The first-order chi connectivity index (χ1) is 8.94. The second kappa shape index (κ2) is 5.41. The van der Waals surface area contributed by atoms with Gasteiger partial charge in [-0.2, -0.15) is 5.10 Å². The van der Waals surface area contributed by atoms with Crippen molar-refractivity contribution in [3.63, 3.8) is 0 Å². The highest BCUT2D eigenvalue weighted by atomic mass is 32.2. The van der Waals surface area contributed by atoms with E-state index in [0.29, 0.717) is 5.56 Å². The first-order valence-corrected chi connectivity index (χ1v) is 7.95. The number of hydrogen-bond donors (Lipinski definition) is 2. The van der Waals surface area contributed by atoms with Crippen LogP contribution < -0.4 is 4.72 Å². The van der Waals surface area contributed by atoms with Gasteiger partial charge in [0.2, 0.25) is 10.0 Å². The summed E-state index contributed by atoms with van der Waals surface area (Å²) in [6.45, 7) is 1.92. The Labute approximate surface area is 115 Å². The summed E-state index contributed by atoms with van der Waals surface area (Å²) in [5.41, 5.74) is 2.36. The van der Waals surface area contributed by atoms with E-state index in [0.717, 1.165) is 22.6 Å². The third-order valence-electron chi connectivity index (χ3n) is 2.87. The number of nitrogens with zero attached hydrogens (tertiary/aromatic N) is 2. The molecule has 0 fully saturated rings. The molecule has 0 spiro atoms. The fourth-order valence-corrected chi connectivity index (χ4v) is 3.79. The Balaban J connectivity index is 2.11. The predicted octanol–water partition coefficient (Wildman–Crippen LogP) is 0.761. The van der Waals surface area contributed by atoms with Gasteiger partial charge in [-0.15, -0.1) is 11.3 Å². The lowest BCUT2D eigenvalue weighted by molar-refractivity contribution is 0.282. The number of aryl methyl sites for hydroxylation is 1. The van der Waals surface area contributed by atoms with Crippen molar-refractivity contribution in [2.75, 3.05) is 0 Å². The minimum Gasteiger partial charge on any atom is -0.392 e. The molecule has 0 atom stereocenters. The van der Waals surface area contributed by atoms with E-state index in [2.05, 4.69) is 9.82 Å². The fraction of sp³-hybridized carbons (Fsp3) is 0.364. The summed E-state index contributed by atoms with van der Waals surface area (Å²) in [6, 6.07) is 1.48. The lowest BCUT2D eigenvalue weighted by atomic mass is 10.3. The average Bonchev–Trinajstić information content (AvgIpc) is 2.97. The molecule has 2 N–H and O–H groups in total. The Hall–Kier alpha value is -1.22. The molecule has 19 heavy (non-hydrogen) atoms. The number of sulfonamides is 1. The molecule has 0 amide bonds. The normalized spacial score (nSPS) is 11.9. The maximum atomic E-state index is 12.0. The van der Waals surface area contributed by atoms with Crippen LogP contribution in [0.3, 0.4) is 0 Å². The summed E-state index contributed by atoms with van der Waals surface area (Å²) in [7, 11) is -1.73.